The molecule has 2 aromatic heterocycles. The number of non-ortho nitro benzene ring substituents is 1. The molecule has 2 heterocycles. The van der Waals surface area contributed by atoms with Crippen LogP contribution in [0.1, 0.15) is 11.1 Å². The van der Waals surface area contributed by atoms with E-state index in [-0.39, 0.29) is 15.8 Å². The van der Waals surface area contributed by atoms with Gasteiger partial charge in [0.1, 0.15) is 10.4 Å². The molecular weight excluding hydrogens is 454 g/mol. The Hall–Kier alpha value is -4.37. The summed E-state index contributed by atoms with van der Waals surface area (Å²) >= 11 is 0.954. The number of hydrogen-bond donors (Lipinski definition) is 1. The van der Waals surface area contributed by atoms with Crippen LogP contribution in [0.2, 0.25) is 0 Å². The van der Waals surface area contributed by atoms with Gasteiger partial charge < -0.3 is 14.1 Å². The topological polar surface area (TPSA) is 111 Å². The van der Waals surface area contributed by atoms with Crippen LogP contribution in [-0.4, -0.2) is 25.6 Å². The molecule has 0 saturated carbocycles. The maximum Gasteiger partial charge on any atom is 0.342 e. The molecule has 0 aliphatic carbocycles. The van der Waals surface area contributed by atoms with E-state index < -0.39 is 10.9 Å². The minimum Gasteiger partial charge on any atom is -0.477 e. The number of hydrogen-bond acceptors (Lipinski definition) is 6. The van der Waals surface area contributed by atoms with Gasteiger partial charge >= 0.3 is 5.97 Å². The van der Waals surface area contributed by atoms with Crippen molar-refractivity contribution in [1.29, 1.82) is 0 Å². The molecule has 0 atom stereocenters. The predicted molar refractivity (Wildman–Crippen MR) is 130 cm³/mol. The fourth-order valence-electron chi connectivity index (χ4n) is 3.71. The van der Waals surface area contributed by atoms with Crippen LogP contribution in [0.25, 0.3) is 28.1 Å². The molecule has 0 spiro atoms. The molecule has 34 heavy (non-hydrogen) atoms. The van der Waals surface area contributed by atoms with E-state index in [1.54, 1.807) is 30.3 Å². The van der Waals surface area contributed by atoms with Gasteiger partial charge in [-0.25, -0.2) is 9.78 Å². The molecule has 0 radical (unpaired) electrons. The number of carbonyl (C=O) groups is 1. The highest BCUT2D eigenvalue weighted by Crippen LogP contribution is 2.33. The lowest BCUT2D eigenvalue weighted by molar-refractivity contribution is -0.384. The van der Waals surface area contributed by atoms with Crippen LogP contribution >= 0.6 is 11.8 Å². The number of oxazole rings is 1. The summed E-state index contributed by atoms with van der Waals surface area (Å²) < 4.78 is 7.67. The summed E-state index contributed by atoms with van der Waals surface area (Å²) in [5, 5.41) is 21.9. The third kappa shape index (κ3) is 4.28. The van der Waals surface area contributed by atoms with Crippen LogP contribution in [0.4, 0.5) is 5.69 Å². The highest BCUT2D eigenvalue weighted by molar-refractivity contribution is 8.03. The summed E-state index contributed by atoms with van der Waals surface area (Å²) in [5.41, 5.74) is 3.83. The number of thioether (sulfide) groups is 1. The molecule has 0 aliphatic rings. The average Bonchev–Trinajstić information content (AvgIpc) is 3.40. The maximum atomic E-state index is 12.0. The van der Waals surface area contributed by atoms with Gasteiger partial charge in [0, 0.05) is 41.3 Å². The van der Waals surface area contributed by atoms with Gasteiger partial charge in [0.25, 0.3) is 10.9 Å². The number of carboxylic acid groups (broad SMARTS) is 1. The van der Waals surface area contributed by atoms with Crippen molar-refractivity contribution in [1.82, 2.24) is 9.55 Å². The van der Waals surface area contributed by atoms with Gasteiger partial charge in [0.15, 0.2) is 5.58 Å². The standard InChI is InChI=1S/C25H17N3O5S/c29-24(30)23(34-25-26-20-6-2-4-8-22(20)33-25)13-17-15-27(21-7-3-1-5-19(17)21)14-16-9-11-18(12-10-16)28(31)32/h1-13,15H,14H2,(H,29,30)/b23-13-. The van der Waals surface area contributed by atoms with E-state index >= 15 is 0 Å². The summed E-state index contributed by atoms with van der Waals surface area (Å²) in [6, 6.07) is 21.3. The van der Waals surface area contributed by atoms with Gasteiger partial charge in [0.2, 0.25) is 0 Å². The zero-order chi connectivity index (χ0) is 23.7. The van der Waals surface area contributed by atoms with E-state index in [1.807, 2.05) is 47.2 Å². The molecule has 0 saturated heterocycles. The Morgan fingerprint density at radius 2 is 1.82 bits per heavy atom. The fourth-order valence-corrected chi connectivity index (χ4v) is 4.44. The first-order chi connectivity index (χ1) is 16.5. The van der Waals surface area contributed by atoms with Crippen molar-refractivity contribution in [2.24, 2.45) is 0 Å². The second-order valence-corrected chi connectivity index (χ2v) is 8.51. The van der Waals surface area contributed by atoms with Gasteiger partial charge in [0.05, 0.1) is 4.92 Å². The lowest BCUT2D eigenvalue weighted by Crippen LogP contribution is -1.98. The molecular formula is C25H17N3O5S. The Labute approximate surface area is 197 Å². The summed E-state index contributed by atoms with van der Waals surface area (Å²) in [6.45, 7) is 0.479. The number of carboxylic acids is 1. The van der Waals surface area contributed by atoms with Crippen LogP contribution in [-0.2, 0) is 11.3 Å². The second-order valence-electron chi connectivity index (χ2n) is 7.52. The van der Waals surface area contributed by atoms with Crippen molar-refractivity contribution in [3.8, 4) is 0 Å². The maximum absolute atomic E-state index is 12.0. The molecule has 0 bridgehead atoms. The molecule has 0 fully saturated rings. The third-order valence-corrected chi connectivity index (χ3v) is 6.15. The fraction of sp³-hybridized carbons (Fsp3) is 0.0400. The Kier molecular flexibility index (Phi) is 5.60. The van der Waals surface area contributed by atoms with Gasteiger partial charge in [-0.15, -0.1) is 0 Å². The normalized spacial score (nSPS) is 11.8. The molecule has 0 amide bonds. The number of rotatable bonds is 7. The van der Waals surface area contributed by atoms with Crippen molar-refractivity contribution in [3.63, 3.8) is 0 Å². The Morgan fingerprint density at radius 3 is 2.56 bits per heavy atom. The number of nitrogens with zero attached hydrogens (tertiary/aromatic N) is 3. The van der Waals surface area contributed by atoms with Crippen LogP contribution in [0, 0.1) is 10.1 Å². The lowest BCUT2D eigenvalue weighted by atomic mass is 10.1. The lowest BCUT2D eigenvalue weighted by Gasteiger charge is -2.05. The predicted octanol–water partition coefficient (Wildman–Crippen LogP) is 5.96. The van der Waals surface area contributed by atoms with E-state index in [4.69, 9.17) is 4.42 Å². The summed E-state index contributed by atoms with van der Waals surface area (Å²) in [6.07, 6.45) is 3.48. The molecule has 3 aromatic carbocycles. The monoisotopic (exact) mass is 471 g/mol. The first-order valence-electron chi connectivity index (χ1n) is 10.3. The van der Waals surface area contributed by atoms with E-state index in [9.17, 15) is 20.0 Å². The number of nitro groups is 1. The Morgan fingerprint density at radius 1 is 1.09 bits per heavy atom. The Bertz CT molecular complexity index is 1530. The number of para-hydroxylation sites is 3. The van der Waals surface area contributed by atoms with Gasteiger partial charge in [-0.2, -0.15) is 0 Å². The van der Waals surface area contributed by atoms with Gasteiger partial charge in [-0.3, -0.25) is 10.1 Å². The summed E-state index contributed by atoms with van der Waals surface area (Å²) in [5.74, 6) is -1.08. The highest BCUT2D eigenvalue weighted by Gasteiger charge is 2.17. The SMILES string of the molecule is O=C(O)/C(=C/c1cn(Cc2ccc([N+](=O)[O-])cc2)c2ccccc12)Sc1nc2ccccc2o1. The first-order valence-corrected chi connectivity index (χ1v) is 11.1. The van der Waals surface area contributed by atoms with E-state index in [1.165, 1.54) is 12.1 Å². The Balaban J connectivity index is 1.50. The van der Waals surface area contributed by atoms with Crippen molar-refractivity contribution in [3.05, 3.63) is 105 Å². The number of aromatic nitrogens is 2. The van der Waals surface area contributed by atoms with Crippen LogP contribution in [0.15, 0.2) is 93.5 Å². The molecule has 5 aromatic rings. The van der Waals surface area contributed by atoms with E-state index in [2.05, 4.69) is 4.98 Å². The van der Waals surface area contributed by atoms with Gasteiger partial charge in [-0.1, -0.05) is 42.5 Å². The number of benzene rings is 3. The average molecular weight is 471 g/mol. The van der Waals surface area contributed by atoms with Crippen molar-refractivity contribution in [2.75, 3.05) is 0 Å². The van der Waals surface area contributed by atoms with Crippen molar-refractivity contribution >= 4 is 51.5 Å². The van der Waals surface area contributed by atoms with Crippen LogP contribution in [0.5, 0.6) is 0 Å². The first kappa shape index (κ1) is 21.5. The summed E-state index contributed by atoms with van der Waals surface area (Å²) in [4.78, 5) is 26.9. The largest absolute Gasteiger partial charge is 0.477 e. The van der Waals surface area contributed by atoms with Crippen LogP contribution < -0.4 is 0 Å². The smallest absolute Gasteiger partial charge is 0.342 e. The molecule has 8 nitrogen and oxygen atoms in total. The van der Waals surface area contributed by atoms with E-state index in [0.717, 1.165) is 33.8 Å². The number of fused-ring (bicyclic) bond motifs is 2. The highest BCUT2D eigenvalue weighted by atomic mass is 32.2. The molecule has 168 valence electrons. The quantitative estimate of drug-likeness (QED) is 0.135. The molecule has 9 heteroatoms. The van der Waals surface area contributed by atoms with E-state index in [0.29, 0.717) is 17.6 Å². The summed E-state index contributed by atoms with van der Waals surface area (Å²) in [7, 11) is 0. The molecule has 0 aliphatic heterocycles. The van der Waals surface area contributed by atoms with Crippen LogP contribution in [0.3, 0.4) is 0 Å². The minimum atomic E-state index is -1.08. The molecule has 0 unspecified atom stereocenters. The van der Waals surface area contributed by atoms with Crippen molar-refractivity contribution < 1.29 is 19.2 Å². The number of nitro benzene ring substituents is 1. The number of aliphatic carboxylic acids is 1. The second kappa shape index (κ2) is 8.87. The zero-order valence-electron chi connectivity index (χ0n) is 17.6. The zero-order valence-corrected chi connectivity index (χ0v) is 18.4. The minimum absolute atomic E-state index is 0.0343. The van der Waals surface area contributed by atoms with Crippen molar-refractivity contribution in [2.45, 2.75) is 11.8 Å². The molecule has 5 rings (SSSR count). The third-order valence-electron chi connectivity index (χ3n) is 5.29. The van der Waals surface area contributed by atoms with Gasteiger partial charge in [-0.05, 0) is 41.6 Å². The molecule has 1 N–H and O–H groups in total.